The number of carbonyl (C=O) groups is 1. The van der Waals surface area contributed by atoms with E-state index in [2.05, 4.69) is 28.4 Å². The third-order valence-corrected chi connectivity index (χ3v) is 3.51. The molecule has 0 radical (unpaired) electrons. The van der Waals surface area contributed by atoms with Crippen molar-refractivity contribution in [1.82, 2.24) is 5.32 Å². The Morgan fingerprint density at radius 3 is 3.00 bits per heavy atom. The molecule has 1 unspecified atom stereocenters. The maximum Gasteiger partial charge on any atom is 0.221 e. The van der Waals surface area contributed by atoms with Crippen LogP contribution in [0.15, 0.2) is 18.2 Å². The second-order valence-electron chi connectivity index (χ2n) is 4.84. The largest absolute Gasteiger partial charge is 0.370 e. The Hall–Kier alpha value is -1.55. The molecule has 2 rings (SSSR count). The maximum absolute atomic E-state index is 11.3. The van der Waals surface area contributed by atoms with Crippen molar-refractivity contribution in [3.8, 4) is 0 Å². The molecule has 0 spiro atoms. The van der Waals surface area contributed by atoms with Crippen LogP contribution < -0.4 is 16.0 Å². The minimum absolute atomic E-state index is 0.0789. The second-order valence-corrected chi connectivity index (χ2v) is 4.84. The molecule has 4 heteroatoms. The fourth-order valence-electron chi connectivity index (χ4n) is 2.37. The number of nitrogens with zero attached hydrogens (tertiary/aromatic N) is 1. The van der Waals surface area contributed by atoms with E-state index in [0.29, 0.717) is 6.42 Å². The van der Waals surface area contributed by atoms with Crippen LogP contribution in [-0.4, -0.2) is 26.0 Å². The number of rotatable bonds is 4. The van der Waals surface area contributed by atoms with Gasteiger partial charge in [0.15, 0.2) is 0 Å². The quantitative estimate of drug-likeness (QED) is 0.840. The van der Waals surface area contributed by atoms with E-state index < -0.39 is 0 Å². The fraction of sp³-hybridized carbons (Fsp3) is 0.500. The Bertz CT molecular complexity index is 443. The predicted molar refractivity (Wildman–Crippen MR) is 73.6 cm³/mol. The van der Waals surface area contributed by atoms with E-state index in [1.54, 1.807) is 7.05 Å². The molecule has 1 aromatic carbocycles. The van der Waals surface area contributed by atoms with Crippen LogP contribution in [0.3, 0.4) is 0 Å². The lowest BCUT2D eigenvalue weighted by atomic mass is 10.0. The first kappa shape index (κ1) is 12.9. The number of nitrogens with two attached hydrogens (primary N) is 1. The lowest BCUT2D eigenvalue weighted by Gasteiger charge is -2.19. The smallest absolute Gasteiger partial charge is 0.221 e. The molecule has 0 fully saturated rings. The van der Waals surface area contributed by atoms with Crippen molar-refractivity contribution in [2.45, 2.75) is 25.8 Å². The van der Waals surface area contributed by atoms with Crippen LogP contribution in [0.2, 0.25) is 0 Å². The van der Waals surface area contributed by atoms with E-state index in [0.717, 1.165) is 19.5 Å². The third-order valence-electron chi connectivity index (χ3n) is 3.51. The van der Waals surface area contributed by atoms with Crippen molar-refractivity contribution in [2.75, 3.05) is 25.0 Å². The number of anilines is 1. The van der Waals surface area contributed by atoms with Gasteiger partial charge in [0.25, 0.3) is 0 Å². The normalized spacial score (nSPS) is 15.4. The van der Waals surface area contributed by atoms with Gasteiger partial charge in [0.2, 0.25) is 5.91 Å². The summed E-state index contributed by atoms with van der Waals surface area (Å²) >= 11 is 0. The fourth-order valence-corrected chi connectivity index (χ4v) is 2.37. The monoisotopic (exact) mass is 247 g/mol. The molecule has 18 heavy (non-hydrogen) atoms. The van der Waals surface area contributed by atoms with Gasteiger partial charge in [-0.05, 0) is 30.5 Å². The summed E-state index contributed by atoms with van der Waals surface area (Å²) in [6.07, 6.45) is 1.59. The molecule has 98 valence electrons. The Morgan fingerprint density at radius 2 is 2.33 bits per heavy atom. The molecule has 0 aliphatic carbocycles. The Balaban J connectivity index is 2.07. The minimum Gasteiger partial charge on any atom is -0.370 e. The highest BCUT2D eigenvalue weighted by molar-refractivity contribution is 5.76. The van der Waals surface area contributed by atoms with Crippen molar-refractivity contribution in [3.63, 3.8) is 0 Å². The summed E-state index contributed by atoms with van der Waals surface area (Å²) in [5.74, 6) is 0.0932. The van der Waals surface area contributed by atoms with Crippen molar-refractivity contribution >= 4 is 11.6 Å². The van der Waals surface area contributed by atoms with Crippen LogP contribution in [-0.2, 0) is 11.2 Å². The highest BCUT2D eigenvalue weighted by Gasteiger charge is 2.19. The van der Waals surface area contributed by atoms with E-state index in [-0.39, 0.29) is 11.9 Å². The molecule has 0 saturated carbocycles. The van der Waals surface area contributed by atoms with Crippen molar-refractivity contribution in [2.24, 2.45) is 5.73 Å². The standard InChI is InChI=1S/C14H21N3O/c1-10(15)11-3-4-13-12(9-11)5-7-17(13)8-6-14(18)16-2/h3-4,9-10H,5-8,15H2,1-2H3,(H,16,18). The number of hydrogen-bond acceptors (Lipinski definition) is 3. The Morgan fingerprint density at radius 1 is 1.56 bits per heavy atom. The van der Waals surface area contributed by atoms with E-state index in [4.69, 9.17) is 5.73 Å². The summed E-state index contributed by atoms with van der Waals surface area (Å²) in [5, 5.41) is 2.65. The average molecular weight is 247 g/mol. The van der Waals surface area contributed by atoms with Gasteiger partial charge in [-0.3, -0.25) is 4.79 Å². The van der Waals surface area contributed by atoms with Crippen LogP contribution in [0.4, 0.5) is 5.69 Å². The first-order valence-electron chi connectivity index (χ1n) is 6.45. The van der Waals surface area contributed by atoms with Crippen LogP contribution in [0.25, 0.3) is 0 Å². The predicted octanol–water partition coefficient (Wildman–Crippen LogP) is 1.20. The lowest BCUT2D eigenvalue weighted by molar-refractivity contribution is -0.120. The molecule has 0 saturated heterocycles. The lowest BCUT2D eigenvalue weighted by Crippen LogP contribution is -2.27. The first-order chi connectivity index (χ1) is 8.61. The summed E-state index contributed by atoms with van der Waals surface area (Å²) in [5.41, 5.74) is 9.68. The number of fused-ring (bicyclic) bond motifs is 1. The highest BCUT2D eigenvalue weighted by atomic mass is 16.1. The number of amides is 1. The molecule has 1 amide bonds. The van der Waals surface area contributed by atoms with Gasteiger partial charge in [0, 0.05) is 38.3 Å². The van der Waals surface area contributed by atoms with Crippen molar-refractivity contribution < 1.29 is 4.79 Å². The molecule has 1 aliphatic rings. The zero-order valence-corrected chi connectivity index (χ0v) is 11.1. The van der Waals surface area contributed by atoms with Crippen molar-refractivity contribution in [1.29, 1.82) is 0 Å². The molecule has 1 aromatic rings. The molecule has 4 nitrogen and oxygen atoms in total. The van der Waals surface area contributed by atoms with Gasteiger partial charge in [-0.25, -0.2) is 0 Å². The summed E-state index contributed by atoms with van der Waals surface area (Å²) in [6.45, 7) is 3.78. The van der Waals surface area contributed by atoms with E-state index in [1.807, 2.05) is 6.92 Å². The Kier molecular flexibility index (Phi) is 3.87. The van der Waals surface area contributed by atoms with E-state index in [1.165, 1.54) is 16.8 Å². The third kappa shape index (κ3) is 2.64. The molecule has 0 aromatic heterocycles. The van der Waals surface area contributed by atoms with Gasteiger partial charge in [0.1, 0.15) is 0 Å². The zero-order valence-electron chi connectivity index (χ0n) is 11.1. The molecule has 1 heterocycles. The molecule has 1 atom stereocenters. The van der Waals surface area contributed by atoms with Gasteiger partial charge in [0.05, 0.1) is 0 Å². The van der Waals surface area contributed by atoms with E-state index in [9.17, 15) is 4.79 Å². The zero-order chi connectivity index (χ0) is 13.1. The number of carbonyl (C=O) groups excluding carboxylic acids is 1. The summed E-state index contributed by atoms with van der Waals surface area (Å²) in [4.78, 5) is 13.5. The van der Waals surface area contributed by atoms with Crippen LogP contribution in [0.5, 0.6) is 0 Å². The molecule has 3 N–H and O–H groups in total. The van der Waals surface area contributed by atoms with Gasteiger partial charge < -0.3 is 16.0 Å². The maximum atomic E-state index is 11.3. The van der Waals surface area contributed by atoms with E-state index >= 15 is 0 Å². The number of benzene rings is 1. The van der Waals surface area contributed by atoms with Crippen LogP contribution in [0, 0.1) is 0 Å². The SMILES string of the molecule is CNC(=O)CCN1CCc2cc(C(C)N)ccc21. The summed E-state index contributed by atoms with van der Waals surface area (Å²) in [7, 11) is 1.68. The molecular weight excluding hydrogens is 226 g/mol. The average Bonchev–Trinajstić information content (AvgIpc) is 2.78. The van der Waals surface area contributed by atoms with Gasteiger partial charge in [-0.1, -0.05) is 12.1 Å². The summed E-state index contributed by atoms with van der Waals surface area (Å²) in [6, 6.07) is 6.49. The van der Waals surface area contributed by atoms with Gasteiger partial charge >= 0.3 is 0 Å². The minimum atomic E-state index is 0.0789. The van der Waals surface area contributed by atoms with Gasteiger partial charge in [-0.15, -0.1) is 0 Å². The summed E-state index contributed by atoms with van der Waals surface area (Å²) < 4.78 is 0. The van der Waals surface area contributed by atoms with Crippen LogP contribution in [0.1, 0.15) is 30.5 Å². The van der Waals surface area contributed by atoms with Gasteiger partial charge in [-0.2, -0.15) is 0 Å². The topological polar surface area (TPSA) is 58.4 Å². The molecule has 1 aliphatic heterocycles. The van der Waals surface area contributed by atoms with Crippen LogP contribution >= 0.6 is 0 Å². The highest BCUT2D eigenvalue weighted by Crippen LogP contribution is 2.30. The second kappa shape index (κ2) is 5.40. The number of nitrogens with one attached hydrogen (secondary N) is 1. The molecular formula is C14H21N3O. The van der Waals surface area contributed by atoms with Crippen molar-refractivity contribution in [3.05, 3.63) is 29.3 Å². The first-order valence-corrected chi connectivity index (χ1v) is 6.45. The molecule has 0 bridgehead atoms. The number of hydrogen-bond donors (Lipinski definition) is 2. The Labute approximate surface area is 108 Å².